The molecule has 12 heteroatoms. The number of carbonyl (C=O) groups excluding carboxylic acids is 1. The normalized spacial score (nSPS) is 22.4. The second kappa shape index (κ2) is 8.80. The lowest BCUT2D eigenvalue weighted by molar-refractivity contribution is -0.138. The predicted octanol–water partition coefficient (Wildman–Crippen LogP) is 1.55. The van der Waals surface area contributed by atoms with Gasteiger partial charge in [-0.1, -0.05) is 19.3 Å². The van der Waals surface area contributed by atoms with Crippen molar-refractivity contribution in [2.24, 2.45) is 0 Å². The lowest BCUT2D eigenvalue weighted by Gasteiger charge is -2.43. The molecule has 36 heavy (non-hydrogen) atoms. The SMILES string of the molecule is O=C1NC(O)c2cc3cnc(Nc4ccc(S(=O)(=O)N5CCNCC5)cc4)nc3n2C12CCCCC2. The van der Waals surface area contributed by atoms with Crippen LogP contribution in [0.4, 0.5) is 11.6 Å². The third kappa shape index (κ3) is 3.76. The van der Waals surface area contributed by atoms with Gasteiger partial charge in [0.05, 0.1) is 10.6 Å². The van der Waals surface area contributed by atoms with Gasteiger partial charge in [0.15, 0.2) is 6.23 Å². The predicted molar refractivity (Wildman–Crippen MR) is 133 cm³/mol. The van der Waals surface area contributed by atoms with Crippen LogP contribution in [0.1, 0.15) is 44.0 Å². The third-order valence-electron chi connectivity index (χ3n) is 7.47. The number of aliphatic hydroxyl groups excluding tert-OH is 1. The summed E-state index contributed by atoms with van der Waals surface area (Å²) in [6.07, 6.45) is 4.91. The maximum Gasteiger partial charge on any atom is 0.248 e. The number of hydrogen-bond acceptors (Lipinski definition) is 8. The second-order valence-corrected chi connectivity index (χ2v) is 11.6. The highest BCUT2D eigenvalue weighted by Gasteiger charge is 2.48. The number of fused-ring (bicyclic) bond motifs is 4. The van der Waals surface area contributed by atoms with Crippen molar-refractivity contribution in [2.45, 2.75) is 48.8 Å². The third-order valence-corrected chi connectivity index (χ3v) is 9.39. The molecule has 2 aliphatic heterocycles. The van der Waals surface area contributed by atoms with Crippen molar-refractivity contribution in [1.29, 1.82) is 0 Å². The van der Waals surface area contributed by atoms with E-state index in [2.05, 4.69) is 20.9 Å². The smallest absolute Gasteiger partial charge is 0.248 e. The zero-order valence-corrected chi connectivity index (χ0v) is 20.6. The molecule has 6 rings (SSSR count). The molecule has 4 N–H and O–H groups in total. The molecule has 2 fully saturated rings. The molecule has 1 atom stereocenters. The number of sulfonamides is 1. The average molecular weight is 512 g/mol. The van der Waals surface area contributed by atoms with Crippen LogP contribution in [-0.2, 0) is 20.4 Å². The van der Waals surface area contributed by atoms with Crippen LogP contribution in [0.3, 0.4) is 0 Å². The van der Waals surface area contributed by atoms with E-state index in [-0.39, 0.29) is 10.8 Å². The summed E-state index contributed by atoms with van der Waals surface area (Å²) in [6.45, 7) is 2.18. The molecule has 3 aromatic rings. The summed E-state index contributed by atoms with van der Waals surface area (Å²) >= 11 is 0. The molecule has 1 aliphatic carbocycles. The van der Waals surface area contributed by atoms with E-state index in [0.29, 0.717) is 62.0 Å². The summed E-state index contributed by atoms with van der Waals surface area (Å²) < 4.78 is 29.2. The summed E-state index contributed by atoms with van der Waals surface area (Å²) in [7, 11) is -3.54. The Balaban J connectivity index is 1.31. The van der Waals surface area contributed by atoms with Crippen LogP contribution in [0.25, 0.3) is 11.0 Å². The fraction of sp³-hybridized carbons (Fsp3) is 0.458. The van der Waals surface area contributed by atoms with E-state index in [4.69, 9.17) is 4.98 Å². The van der Waals surface area contributed by atoms with Crippen LogP contribution in [0, 0.1) is 0 Å². The molecular weight excluding hydrogens is 482 g/mol. The monoisotopic (exact) mass is 511 g/mol. The number of benzene rings is 1. The van der Waals surface area contributed by atoms with Crippen molar-refractivity contribution in [3.8, 4) is 0 Å². The van der Waals surface area contributed by atoms with Crippen LogP contribution < -0.4 is 16.0 Å². The molecule has 11 nitrogen and oxygen atoms in total. The number of aromatic nitrogens is 3. The summed E-state index contributed by atoms with van der Waals surface area (Å²) in [5, 5.41) is 20.3. The minimum atomic E-state index is -3.54. The first-order valence-electron chi connectivity index (χ1n) is 12.3. The number of piperazine rings is 1. The Morgan fingerprint density at radius 2 is 1.81 bits per heavy atom. The van der Waals surface area contributed by atoms with Gasteiger partial charge in [-0.05, 0) is 43.2 Å². The largest absolute Gasteiger partial charge is 0.368 e. The number of aliphatic hydroxyl groups is 1. The first kappa shape index (κ1) is 23.3. The van der Waals surface area contributed by atoms with Gasteiger partial charge in [-0.25, -0.2) is 13.4 Å². The number of nitrogens with zero attached hydrogens (tertiary/aromatic N) is 4. The van der Waals surface area contributed by atoms with E-state index >= 15 is 0 Å². The molecule has 1 amide bonds. The lowest BCUT2D eigenvalue weighted by atomic mass is 9.79. The number of hydrogen-bond donors (Lipinski definition) is 4. The van der Waals surface area contributed by atoms with Gasteiger partial charge in [-0.15, -0.1) is 0 Å². The Hall–Kier alpha value is -3.06. The summed E-state index contributed by atoms with van der Waals surface area (Å²) in [5.41, 5.74) is 1.08. The van der Waals surface area contributed by atoms with E-state index in [1.165, 1.54) is 4.31 Å². The molecule has 0 radical (unpaired) electrons. The Morgan fingerprint density at radius 1 is 1.08 bits per heavy atom. The zero-order valence-electron chi connectivity index (χ0n) is 19.8. The van der Waals surface area contributed by atoms with Crippen LogP contribution in [0.15, 0.2) is 41.4 Å². The van der Waals surface area contributed by atoms with Crippen LogP contribution in [-0.4, -0.2) is 64.5 Å². The minimum absolute atomic E-state index is 0.172. The first-order chi connectivity index (χ1) is 17.4. The fourth-order valence-electron chi connectivity index (χ4n) is 5.61. The molecule has 1 aromatic carbocycles. The van der Waals surface area contributed by atoms with Crippen molar-refractivity contribution in [2.75, 3.05) is 31.5 Å². The number of carbonyl (C=O) groups is 1. The molecule has 1 unspecified atom stereocenters. The number of anilines is 2. The number of rotatable bonds is 4. The Bertz CT molecular complexity index is 1410. The number of amides is 1. The molecule has 4 heterocycles. The van der Waals surface area contributed by atoms with Gasteiger partial charge in [-0.2, -0.15) is 9.29 Å². The highest BCUT2D eigenvalue weighted by atomic mass is 32.2. The van der Waals surface area contributed by atoms with Crippen molar-refractivity contribution in [1.82, 2.24) is 29.5 Å². The van der Waals surface area contributed by atoms with Gasteiger partial charge in [0.25, 0.3) is 0 Å². The summed E-state index contributed by atoms with van der Waals surface area (Å²) in [6, 6.07) is 8.37. The molecular formula is C24H29N7O4S. The molecule has 0 bridgehead atoms. The lowest BCUT2D eigenvalue weighted by Crippen LogP contribution is -2.55. The standard InChI is InChI=1S/C24H29N7O4S/c32-21-19-14-16-15-26-23(28-20(16)31(19)24(22(33)29-21)8-2-1-3-9-24)27-17-4-6-18(7-5-17)36(34,35)30-12-10-25-11-13-30/h4-7,14-15,21,25,32H,1-3,8-13H2,(H,29,33)(H,26,27,28). The first-order valence-corrected chi connectivity index (χ1v) is 13.8. The highest BCUT2D eigenvalue weighted by Crippen LogP contribution is 2.43. The van der Waals surface area contributed by atoms with Crippen molar-refractivity contribution < 1.29 is 18.3 Å². The maximum absolute atomic E-state index is 13.1. The van der Waals surface area contributed by atoms with Gasteiger partial charge in [0.2, 0.25) is 21.9 Å². The van der Waals surface area contributed by atoms with Gasteiger partial charge < -0.3 is 25.6 Å². The molecule has 1 saturated heterocycles. The zero-order chi connectivity index (χ0) is 24.9. The Morgan fingerprint density at radius 3 is 2.53 bits per heavy atom. The summed E-state index contributed by atoms with van der Waals surface area (Å²) in [5.74, 6) is 0.154. The number of nitrogens with one attached hydrogen (secondary N) is 3. The topological polar surface area (TPSA) is 141 Å². The van der Waals surface area contributed by atoms with E-state index in [1.807, 2.05) is 10.6 Å². The minimum Gasteiger partial charge on any atom is -0.368 e. The average Bonchev–Trinajstić information content (AvgIpc) is 3.29. The van der Waals surface area contributed by atoms with Gasteiger partial charge >= 0.3 is 0 Å². The van der Waals surface area contributed by atoms with Gasteiger partial charge in [-0.3, -0.25) is 4.79 Å². The highest BCUT2D eigenvalue weighted by molar-refractivity contribution is 7.89. The van der Waals surface area contributed by atoms with Crippen molar-refractivity contribution in [3.63, 3.8) is 0 Å². The van der Waals surface area contributed by atoms with Crippen LogP contribution in [0.2, 0.25) is 0 Å². The summed E-state index contributed by atoms with van der Waals surface area (Å²) in [4.78, 5) is 22.5. The molecule has 2 aromatic heterocycles. The van der Waals surface area contributed by atoms with E-state index in [1.54, 1.807) is 30.5 Å². The van der Waals surface area contributed by atoms with Gasteiger partial charge in [0.1, 0.15) is 11.2 Å². The molecule has 3 aliphatic rings. The quantitative estimate of drug-likeness (QED) is 0.413. The molecule has 190 valence electrons. The van der Waals surface area contributed by atoms with E-state index in [9.17, 15) is 18.3 Å². The van der Waals surface area contributed by atoms with Crippen molar-refractivity contribution >= 4 is 38.6 Å². The van der Waals surface area contributed by atoms with Crippen LogP contribution in [0.5, 0.6) is 0 Å². The molecule has 1 saturated carbocycles. The Kier molecular flexibility index (Phi) is 5.71. The van der Waals surface area contributed by atoms with Crippen LogP contribution >= 0.6 is 0 Å². The Labute approximate surface area is 209 Å². The van der Waals surface area contributed by atoms with Gasteiger partial charge in [0, 0.05) is 43.4 Å². The second-order valence-electron chi connectivity index (χ2n) is 9.65. The fourth-order valence-corrected chi connectivity index (χ4v) is 7.06. The van der Waals surface area contributed by atoms with E-state index in [0.717, 1.165) is 24.6 Å². The molecule has 1 spiro atoms. The maximum atomic E-state index is 13.1. The van der Waals surface area contributed by atoms with Crippen molar-refractivity contribution in [3.05, 3.63) is 42.2 Å². The van der Waals surface area contributed by atoms with E-state index < -0.39 is 21.8 Å².